The molecule has 0 radical (unpaired) electrons. The highest BCUT2D eigenvalue weighted by molar-refractivity contribution is 5.98. The lowest BCUT2D eigenvalue weighted by atomic mass is 10.0. The summed E-state index contributed by atoms with van der Waals surface area (Å²) in [6.07, 6.45) is 3.91. The van der Waals surface area contributed by atoms with E-state index in [-0.39, 0.29) is 24.5 Å². The number of piperazine rings is 1. The molecule has 4 rings (SSSR count). The van der Waals surface area contributed by atoms with Crippen molar-refractivity contribution in [2.24, 2.45) is 0 Å². The Balaban J connectivity index is 1.28. The molecular formula is C24H28N2O3. The molecule has 1 fully saturated rings. The summed E-state index contributed by atoms with van der Waals surface area (Å²) in [5.41, 5.74) is 4.48. The average molecular weight is 392 g/mol. The van der Waals surface area contributed by atoms with E-state index in [1.54, 1.807) is 7.11 Å². The molecule has 0 N–H and O–H groups in total. The van der Waals surface area contributed by atoms with Gasteiger partial charge in [0.2, 0.25) is 5.91 Å². The number of nitrogens with zero attached hydrogens (tertiary/aromatic N) is 2. The van der Waals surface area contributed by atoms with Crippen molar-refractivity contribution in [1.82, 2.24) is 4.90 Å². The lowest BCUT2D eigenvalue weighted by molar-refractivity contribution is -0.131. The first-order chi connectivity index (χ1) is 14.2. The van der Waals surface area contributed by atoms with E-state index in [1.165, 1.54) is 17.5 Å². The van der Waals surface area contributed by atoms with Gasteiger partial charge in [-0.3, -0.25) is 9.59 Å². The second-order valence-corrected chi connectivity index (χ2v) is 7.80. The van der Waals surface area contributed by atoms with E-state index in [9.17, 15) is 9.59 Å². The van der Waals surface area contributed by atoms with Gasteiger partial charge < -0.3 is 14.5 Å². The van der Waals surface area contributed by atoms with Crippen LogP contribution in [-0.2, 0) is 17.6 Å². The number of benzene rings is 2. The molecule has 5 heteroatoms. The van der Waals surface area contributed by atoms with E-state index in [4.69, 9.17) is 4.74 Å². The molecule has 1 aliphatic carbocycles. The number of anilines is 1. The molecule has 0 spiro atoms. The van der Waals surface area contributed by atoms with Crippen LogP contribution in [0.15, 0.2) is 42.5 Å². The van der Waals surface area contributed by atoms with Crippen molar-refractivity contribution in [2.75, 3.05) is 38.2 Å². The van der Waals surface area contributed by atoms with Crippen LogP contribution in [0.2, 0.25) is 0 Å². The second kappa shape index (κ2) is 8.68. The van der Waals surface area contributed by atoms with E-state index in [1.807, 2.05) is 41.3 Å². The van der Waals surface area contributed by atoms with Gasteiger partial charge in [0, 0.05) is 44.6 Å². The molecule has 2 aliphatic rings. The van der Waals surface area contributed by atoms with Crippen LogP contribution in [0.3, 0.4) is 0 Å². The van der Waals surface area contributed by atoms with Crippen LogP contribution in [0.1, 0.15) is 40.7 Å². The molecule has 0 bridgehead atoms. The van der Waals surface area contributed by atoms with Crippen molar-refractivity contribution >= 4 is 17.4 Å². The Bertz CT molecular complexity index is 901. The zero-order chi connectivity index (χ0) is 20.2. The maximum Gasteiger partial charge on any atom is 0.223 e. The number of ether oxygens (including phenoxy) is 1. The highest BCUT2D eigenvalue weighted by Crippen LogP contribution is 2.28. The number of rotatable bonds is 6. The molecule has 2 aromatic rings. The number of ketones is 1. The van der Waals surface area contributed by atoms with Gasteiger partial charge in [-0.2, -0.15) is 0 Å². The summed E-state index contributed by atoms with van der Waals surface area (Å²) in [4.78, 5) is 29.3. The van der Waals surface area contributed by atoms with Gasteiger partial charge in [0.15, 0.2) is 5.78 Å². The Morgan fingerprint density at radius 2 is 1.69 bits per heavy atom. The predicted octanol–water partition coefficient (Wildman–Crippen LogP) is 3.50. The third-order valence-electron chi connectivity index (χ3n) is 6.04. The van der Waals surface area contributed by atoms with Gasteiger partial charge in [0.05, 0.1) is 12.8 Å². The molecule has 0 unspecified atom stereocenters. The molecule has 0 aromatic heterocycles. The van der Waals surface area contributed by atoms with E-state index in [0.29, 0.717) is 13.1 Å². The highest BCUT2D eigenvalue weighted by Gasteiger charge is 2.23. The molecular weight excluding hydrogens is 364 g/mol. The Morgan fingerprint density at radius 1 is 0.931 bits per heavy atom. The molecule has 29 heavy (non-hydrogen) atoms. The minimum absolute atomic E-state index is 0.0687. The molecule has 0 atom stereocenters. The number of para-hydroxylation sites is 2. The summed E-state index contributed by atoms with van der Waals surface area (Å²) in [6, 6.07) is 14.0. The first-order valence-corrected chi connectivity index (χ1v) is 10.5. The van der Waals surface area contributed by atoms with Crippen LogP contribution < -0.4 is 9.64 Å². The minimum Gasteiger partial charge on any atom is -0.495 e. The first kappa shape index (κ1) is 19.5. The van der Waals surface area contributed by atoms with Crippen LogP contribution in [-0.4, -0.2) is 49.9 Å². The standard InChI is InChI=1S/C24H28N2O3/c1-29-23-8-3-2-7-21(23)25-13-15-26(16-14-25)24(28)12-11-22(27)20-10-9-18-5-4-6-19(18)17-20/h2-3,7-10,17H,4-6,11-16H2,1H3. The SMILES string of the molecule is COc1ccccc1N1CCN(C(=O)CCC(=O)c2ccc3c(c2)CCC3)CC1. The van der Waals surface area contributed by atoms with E-state index in [0.717, 1.165) is 42.9 Å². The number of carbonyl (C=O) groups excluding carboxylic acids is 2. The molecule has 1 saturated heterocycles. The minimum atomic E-state index is 0.0687. The van der Waals surface area contributed by atoms with Gasteiger partial charge in [-0.15, -0.1) is 0 Å². The Morgan fingerprint density at radius 3 is 2.48 bits per heavy atom. The van der Waals surface area contributed by atoms with Gasteiger partial charge in [-0.25, -0.2) is 0 Å². The predicted molar refractivity (Wildman–Crippen MR) is 114 cm³/mol. The van der Waals surface area contributed by atoms with Crippen molar-refractivity contribution < 1.29 is 14.3 Å². The van der Waals surface area contributed by atoms with Crippen molar-refractivity contribution in [3.05, 3.63) is 59.2 Å². The Labute approximate surface area is 172 Å². The first-order valence-electron chi connectivity index (χ1n) is 10.5. The fourth-order valence-electron chi connectivity index (χ4n) is 4.36. The number of hydrogen-bond donors (Lipinski definition) is 0. The van der Waals surface area contributed by atoms with Gasteiger partial charge in [0.25, 0.3) is 0 Å². The third kappa shape index (κ3) is 4.29. The fraction of sp³-hybridized carbons (Fsp3) is 0.417. The number of amides is 1. The summed E-state index contributed by atoms with van der Waals surface area (Å²) in [6.45, 7) is 2.88. The van der Waals surface area contributed by atoms with Crippen LogP contribution >= 0.6 is 0 Å². The van der Waals surface area contributed by atoms with E-state index >= 15 is 0 Å². The molecule has 1 heterocycles. The zero-order valence-electron chi connectivity index (χ0n) is 17.0. The van der Waals surface area contributed by atoms with Crippen LogP contribution in [0.4, 0.5) is 5.69 Å². The topological polar surface area (TPSA) is 49.9 Å². The molecule has 152 valence electrons. The smallest absolute Gasteiger partial charge is 0.223 e. The molecule has 0 saturated carbocycles. The number of methoxy groups -OCH3 is 1. The molecule has 1 aliphatic heterocycles. The number of Topliss-reactive ketones (excluding diaryl/α,β-unsaturated/α-hetero) is 1. The molecule has 2 aromatic carbocycles. The monoisotopic (exact) mass is 392 g/mol. The van der Waals surface area contributed by atoms with Crippen molar-refractivity contribution in [1.29, 1.82) is 0 Å². The summed E-state index contributed by atoms with van der Waals surface area (Å²) in [7, 11) is 1.68. The number of carbonyl (C=O) groups is 2. The fourth-order valence-corrected chi connectivity index (χ4v) is 4.36. The number of aryl methyl sites for hydroxylation is 2. The van der Waals surface area contributed by atoms with Crippen LogP contribution in [0.25, 0.3) is 0 Å². The normalized spacial score (nSPS) is 15.9. The van der Waals surface area contributed by atoms with Crippen molar-refractivity contribution in [3.8, 4) is 5.75 Å². The number of hydrogen-bond acceptors (Lipinski definition) is 4. The quantitative estimate of drug-likeness (QED) is 0.706. The molecule has 5 nitrogen and oxygen atoms in total. The van der Waals surface area contributed by atoms with Crippen molar-refractivity contribution in [2.45, 2.75) is 32.1 Å². The maximum absolute atomic E-state index is 12.6. The second-order valence-electron chi connectivity index (χ2n) is 7.80. The maximum atomic E-state index is 12.6. The van der Waals surface area contributed by atoms with Gasteiger partial charge in [-0.05, 0) is 48.6 Å². The van der Waals surface area contributed by atoms with Gasteiger partial charge >= 0.3 is 0 Å². The molecule has 1 amide bonds. The summed E-state index contributed by atoms with van der Waals surface area (Å²) >= 11 is 0. The average Bonchev–Trinajstić information content (AvgIpc) is 3.25. The lowest BCUT2D eigenvalue weighted by Crippen LogP contribution is -2.48. The summed E-state index contributed by atoms with van der Waals surface area (Å²) in [5.74, 6) is 0.993. The van der Waals surface area contributed by atoms with Gasteiger partial charge in [0.1, 0.15) is 5.75 Å². The Kier molecular flexibility index (Phi) is 5.84. The lowest BCUT2D eigenvalue weighted by Gasteiger charge is -2.36. The third-order valence-corrected chi connectivity index (χ3v) is 6.04. The van der Waals surface area contributed by atoms with Crippen LogP contribution in [0, 0.1) is 0 Å². The Hall–Kier alpha value is -2.82. The van der Waals surface area contributed by atoms with E-state index in [2.05, 4.69) is 11.0 Å². The number of fused-ring (bicyclic) bond motifs is 1. The zero-order valence-corrected chi connectivity index (χ0v) is 17.0. The summed E-state index contributed by atoms with van der Waals surface area (Å²) in [5, 5.41) is 0. The largest absolute Gasteiger partial charge is 0.495 e. The van der Waals surface area contributed by atoms with Gasteiger partial charge in [-0.1, -0.05) is 24.3 Å². The van der Waals surface area contributed by atoms with E-state index < -0.39 is 0 Å². The highest BCUT2D eigenvalue weighted by atomic mass is 16.5. The van der Waals surface area contributed by atoms with Crippen LogP contribution in [0.5, 0.6) is 5.75 Å². The summed E-state index contributed by atoms with van der Waals surface area (Å²) < 4.78 is 5.45. The van der Waals surface area contributed by atoms with Crippen molar-refractivity contribution in [3.63, 3.8) is 0 Å².